The van der Waals surface area contributed by atoms with Gasteiger partial charge in [-0.3, -0.25) is 14.0 Å². The first-order chi connectivity index (χ1) is 15.5. The summed E-state index contributed by atoms with van der Waals surface area (Å²) in [5.74, 6) is 0.953. The summed E-state index contributed by atoms with van der Waals surface area (Å²) < 4.78 is 7.00. The van der Waals surface area contributed by atoms with E-state index in [-0.39, 0.29) is 22.9 Å². The largest absolute Gasteiger partial charge is 0.497 e. The van der Waals surface area contributed by atoms with Crippen LogP contribution in [0, 0.1) is 5.41 Å². The number of rotatable bonds is 4. The average Bonchev–Trinajstić information content (AvgIpc) is 3.18. The molecule has 162 valence electrons. The molecule has 0 aliphatic heterocycles. The number of pyridine rings is 1. The van der Waals surface area contributed by atoms with E-state index in [1.165, 1.54) is 0 Å². The van der Waals surface area contributed by atoms with E-state index in [1.54, 1.807) is 30.0 Å². The molecule has 6 rings (SSSR count). The van der Waals surface area contributed by atoms with Crippen molar-refractivity contribution in [1.82, 2.24) is 24.9 Å². The second-order valence-electron chi connectivity index (χ2n) is 9.11. The summed E-state index contributed by atoms with van der Waals surface area (Å²) in [6.45, 7) is 0. The number of nitrogens with zero attached hydrogens (tertiary/aromatic N) is 3. The standard InChI is InChI=1S/C24H23N5O3/c1-32-16-6-7-29-19(13-25-20(29)8-16)23(31)26-15-11-24(12-15)9-14(10-24)21-17-4-2-3-5-18(17)22(30)28-27-21/h2-8,13-15H,9-12H2,1H3,(H,26,31)(H,28,30)/t14-,15-,24?. The van der Waals surface area contributed by atoms with E-state index in [4.69, 9.17) is 4.74 Å². The van der Waals surface area contributed by atoms with Crippen LogP contribution in [-0.2, 0) is 0 Å². The summed E-state index contributed by atoms with van der Waals surface area (Å²) in [4.78, 5) is 29.2. The number of methoxy groups -OCH3 is 1. The van der Waals surface area contributed by atoms with Crippen molar-refractivity contribution in [2.24, 2.45) is 5.41 Å². The average molecular weight is 429 g/mol. The molecule has 2 saturated carbocycles. The lowest BCUT2D eigenvalue weighted by atomic mass is 9.49. The Morgan fingerprint density at radius 2 is 1.97 bits per heavy atom. The fraction of sp³-hybridized carbons (Fsp3) is 0.333. The van der Waals surface area contributed by atoms with Crippen LogP contribution in [0.15, 0.2) is 53.6 Å². The smallest absolute Gasteiger partial charge is 0.272 e. The molecule has 4 aromatic rings. The second-order valence-corrected chi connectivity index (χ2v) is 9.11. The van der Waals surface area contributed by atoms with Gasteiger partial charge in [0.05, 0.1) is 24.4 Å². The van der Waals surface area contributed by atoms with Gasteiger partial charge >= 0.3 is 0 Å². The van der Waals surface area contributed by atoms with E-state index in [2.05, 4.69) is 20.5 Å². The van der Waals surface area contributed by atoms with Gasteiger partial charge in [0.15, 0.2) is 0 Å². The van der Waals surface area contributed by atoms with Crippen LogP contribution < -0.4 is 15.6 Å². The molecule has 2 aliphatic rings. The lowest BCUT2D eigenvalue weighted by Crippen LogP contribution is -2.55. The highest BCUT2D eigenvalue weighted by atomic mass is 16.5. The monoisotopic (exact) mass is 429 g/mol. The Morgan fingerprint density at radius 1 is 1.19 bits per heavy atom. The zero-order chi connectivity index (χ0) is 21.9. The van der Waals surface area contributed by atoms with Crippen LogP contribution in [-0.4, -0.2) is 38.6 Å². The number of aromatic amines is 1. The highest BCUT2D eigenvalue weighted by Gasteiger charge is 2.54. The Kier molecular flexibility index (Phi) is 4.11. The fourth-order valence-electron chi connectivity index (χ4n) is 5.56. The van der Waals surface area contributed by atoms with Crippen molar-refractivity contribution in [2.45, 2.75) is 37.6 Å². The number of amides is 1. The summed E-state index contributed by atoms with van der Waals surface area (Å²) in [7, 11) is 1.61. The van der Waals surface area contributed by atoms with Crippen LogP contribution in [0.5, 0.6) is 5.75 Å². The van der Waals surface area contributed by atoms with Crippen LogP contribution in [0.4, 0.5) is 0 Å². The zero-order valence-electron chi connectivity index (χ0n) is 17.7. The van der Waals surface area contributed by atoms with E-state index >= 15 is 0 Å². The molecule has 3 aromatic heterocycles. The Morgan fingerprint density at radius 3 is 2.75 bits per heavy atom. The summed E-state index contributed by atoms with van der Waals surface area (Å²) >= 11 is 0. The molecular formula is C24H23N5O3. The van der Waals surface area contributed by atoms with Crippen LogP contribution >= 0.6 is 0 Å². The normalized spacial score (nSPS) is 24.3. The molecule has 1 amide bonds. The van der Waals surface area contributed by atoms with E-state index in [1.807, 2.05) is 30.3 Å². The van der Waals surface area contributed by atoms with Gasteiger partial charge in [0.1, 0.15) is 17.1 Å². The number of carbonyl (C=O) groups is 1. The van der Waals surface area contributed by atoms with Gasteiger partial charge in [-0.05, 0) is 43.2 Å². The van der Waals surface area contributed by atoms with Crippen LogP contribution in [0.2, 0.25) is 0 Å². The number of carbonyl (C=O) groups excluding carboxylic acids is 1. The number of hydrogen-bond donors (Lipinski definition) is 2. The summed E-state index contributed by atoms with van der Waals surface area (Å²) in [6.07, 6.45) is 7.43. The topological polar surface area (TPSA) is 101 Å². The van der Waals surface area contributed by atoms with Crippen molar-refractivity contribution >= 4 is 22.3 Å². The highest BCUT2D eigenvalue weighted by molar-refractivity contribution is 5.93. The van der Waals surface area contributed by atoms with E-state index in [0.717, 1.165) is 36.8 Å². The maximum absolute atomic E-state index is 12.8. The number of benzene rings is 1. The molecule has 3 heterocycles. The predicted molar refractivity (Wildman–Crippen MR) is 119 cm³/mol. The molecule has 2 fully saturated rings. The number of fused-ring (bicyclic) bond motifs is 2. The molecule has 0 bridgehead atoms. The van der Waals surface area contributed by atoms with Crippen molar-refractivity contribution in [3.63, 3.8) is 0 Å². The van der Waals surface area contributed by atoms with Crippen molar-refractivity contribution in [3.8, 4) is 5.75 Å². The van der Waals surface area contributed by atoms with Crippen molar-refractivity contribution in [2.75, 3.05) is 7.11 Å². The van der Waals surface area contributed by atoms with Crippen molar-refractivity contribution in [3.05, 3.63) is 70.5 Å². The van der Waals surface area contributed by atoms with Gasteiger partial charge in [0, 0.05) is 29.6 Å². The third kappa shape index (κ3) is 2.90. The minimum Gasteiger partial charge on any atom is -0.497 e. The lowest BCUT2D eigenvalue weighted by Gasteiger charge is -2.57. The van der Waals surface area contributed by atoms with Gasteiger partial charge in [0.25, 0.3) is 11.5 Å². The van der Waals surface area contributed by atoms with Gasteiger partial charge in [-0.15, -0.1) is 0 Å². The lowest BCUT2D eigenvalue weighted by molar-refractivity contribution is -0.0197. The molecule has 8 heteroatoms. The first-order valence-corrected chi connectivity index (χ1v) is 10.8. The Labute approximate surface area is 183 Å². The number of hydrogen-bond acceptors (Lipinski definition) is 5. The summed E-state index contributed by atoms with van der Waals surface area (Å²) in [5, 5.41) is 11.8. The summed E-state index contributed by atoms with van der Waals surface area (Å²) in [5.41, 5.74) is 2.32. The molecule has 8 nitrogen and oxygen atoms in total. The van der Waals surface area contributed by atoms with Crippen molar-refractivity contribution in [1.29, 1.82) is 0 Å². The Hall–Kier alpha value is -3.68. The first kappa shape index (κ1) is 19.0. The highest BCUT2D eigenvalue weighted by Crippen LogP contribution is 2.62. The molecule has 2 N–H and O–H groups in total. The number of ether oxygens (including phenoxy) is 1. The zero-order valence-corrected chi connectivity index (χ0v) is 17.7. The number of imidazole rings is 1. The fourth-order valence-corrected chi connectivity index (χ4v) is 5.56. The maximum atomic E-state index is 12.8. The Balaban J connectivity index is 1.11. The van der Waals surface area contributed by atoms with Crippen LogP contribution in [0.3, 0.4) is 0 Å². The van der Waals surface area contributed by atoms with Gasteiger partial charge in [0.2, 0.25) is 0 Å². The van der Waals surface area contributed by atoms with E-state index < -0.39 is 0 Å². The number of H-pyrrole nitrogens is 1. The quantitative estimate of drug-likeness (QED) is 0.519. The van der Waals surface area contributed by atoms with E-state index in [9.17, 15) is 9.59 Å². The molecule has 0 radical (unpaired) electrons. The van der Waals surface area contributed by atoms with Crippen LogP contribution in [0.1, 0.15) is 47.8 Å². The Bertz CT molecular complexity index is 1410. The molecule has 1 aromatic carbocycles. The van der Waals surface area contributed by atoms with Crippen molar-refractivity contribution < 1.29 is 9.53 Å². The summed E-state index contributed by atoms with van der Waals surface area (Å²) in [6, 6.07) is 11.4. The van der Waals surface area contributed by atoms with Gasteiger partial charge < -0.3 is 10.1 Å². The van der Waals surface area contributed by atoms with Gasteiger partial charge in [-0.1, -0.05) is 18.2 Å². The van der Waals surface area contributed by atoms with Crippen LogP contribution in [0.25, 0.3) is 16.4 Å². The molecule has 0 atom stereocenters. The first-order valence-electron chi connectivity index (χ1n) is 10.8. The minimum atomic E-state index is -0.143. The molecule has 1 spiro atoms. The molecular weight excluding hydrogens is 406 g/mol. The van der Waals surface area contributed by atoms with Gasteiger partial charge in [-0.2, -0.15) is 5.10 Å². The number of aromatic nitrogens is 4. The molecule has 0 unspecified atom stereocenters. The minimum absolute atomic E-state index is 0.105. The SMILES string of the molecule is COc1ccn2c(C(=O)N[C@H]3CC4(C3)C[C@H](c3n[nH]c(=O)c5ccccc53)C4)cnc2c1. The molecule has 32 heavy (non-hydrogen) atoms. The third-order valence-corrected chi connectivity index (χ3v) is 7.12. The maximum Gasteiger partial charge on any atom is 0.272 e. The second kappa shape index (κ2) is 6.91. The molecule has 2 aliphatic carbocycles. The molecule has 0 saturated heterocycles. The van der Waals surface area contributed by atoms with Gasteiger partial charge in [-0.25, -0.2) is 10.1 Å². The predicted octanol–water partition coefficient (Wildman–Crippen LogP) is 3.04. The number of nitrogens with one attached hydrogen (secondary N) is 2. The third-order valence-electron chi connectivity index (χ3n) is 7.12. The van der Waals surface area contributed by atoms with E-state index in [0.29, 0.717) is 28.4 Å².